The molecule has 104 valence electrons. The fraction of sp³-hybridized carbons (Fsp3) is 0.500. The van der Waals surface area contributed by atoms with E-state index in [1.165, 1.54) is 12.1 Å². The highest BCUT2D eigenvalue weighted by atomic mass is 35.5. The minimum Gasteiger partial charge on any atom is -0.439 e. The van der Waals surface area contributed by atoms with Crippen LogP contribution in [0.2, 0.25) is 5.02 Å². The lowest BCUT2D eigenvalue weighted by Gasteiger charge is -2.22. The van der Waals surface area contributed by atoms with Crippen molar-refractivity contribution in [1.82, 2.24) is 4.98 Å². The van der Waals surface area contributed by atoms with E-state index in [9.17, 15) is 4.39 Å². The molecule has 0 radical (unpaired) electrons. The maximum atomic E-state index is 13.2. The van der Waals surface area contributed by atoms with Crippen molar-refractivity contribution in [2.45, 2.75) is 33.1 Å². The van der Waals surface area contributed by atoms with E-state index < -0.39 is 5.82 Å². The van der Waals surface area contributed by atoms with Gasteiger partial charge in [0.2, 0.25) is 0 Å². The van der Waals surface area contributed by atoms with Gasteiger partial charge in [0.1, 0.15) is 11.3 Å². The molecule has 0 atom stereocenters. The Balaban J connectivity index is 2.16. The molecule has 3 nitrogen and oxygen atoms in total. The van der Waals surface area contributed by atoms with Crippen molar-refractivity contribution in [3.8, 4) is 0 Å². The summed E-state index contributed by atoms with van der Waals surface area (Å²) in [5.74, 6) is 0.188. The van der Waals surface area contributed by atoms with Gasteiger partial charge in [-0.15, -0.1) is 0 Å². The normalized spacial score (nSPS) is 12.3. The van der Waals surface area contributed by atoms with Crippen molar-refractivity contribution in [3.63, 3.8) is 0 Å². The molecule has 0 amide bonds. The van der Waals surface area contributed by atoms with E-state index in [-0.39, 0.29) is 10.4 Å². The molecule has 1 aromatic carbocycles. The largest absolute Gasteiger partial charge is 0.439 e. The molecule has 1 aromatic heterocycles. The first-order valence-corrected chi connectivity index (χ1v) is 6.73. The molecule has 0 spiro atoms. The van der Waals surface area contributed by atoms with Crippen molar-refractivity contribution in [2.75, 3.05) is 6.54 Å². The number of hydrogen-bond acceptors (Lipinski definition) is 3. The third-order valence-electron chi connectivity index (χ3n) is 3.29. The molecule has 2 rings (SSSR count). The maximum absolute atomic E-state index is 13.2. The highest BCUT2D eigenvalue weighted by Gasteiger charge is 2.19. The van der Waals surface area contributed by atoms with Crippen molar-refractivity contribution < 1.29 is 8.81 Å². The summed E-state index contributed by atoms with van der Waals surface area (Å²) in [5, 5.41) is 0.259. The molecule has 1 heterocycles. The van der Waals surface area contributed by atoms with Crippen LogP contribution >= 0.6 is 11.6 Å². The van der Waals surface area contributed by atoms with Crippen molar-refractivity contribution >= 4 is 22.7 Å². The highest BCUT2D eigenvalue weighted by Crippen LogP contribution is 2.29. The van der Waals surface area contributed by atoms with Gasteiger partial charge in [-0.25, -0.2) is 9.37 Å². The van der Waals surface area contributed by atoms with Gasteiger partial charge in [-0.1, -0.05) is 25.4 Å². The number of benzene rings is 1. The van der Waals surface area contributed by atoms with Gasteiger partial charge in [0.15, 0.2) is 11.5 Å². The lowest BCUT2D eigenvalue weighted by molar-refractivity contribution is 0.302. The molecule has 2 aromatic rings. The number of aromatic nitrogens is 1. The van der Waals surface area contributed by atoms with Gasteiger partial charge in [0.05, 0.1) is 5.02 Å². The van der Waals surface area contributed by atoms with Gasteiger partial charge < -0.3 is 10.2 Å². The highest BCUT2D eigenvalue weighted by molar-refractivity contribution is 6.34. The molecule has 0 saturated heterocycles. The number of nitrogens with zero attached hydrogens (tertiary/aromatic N) is 1. The lowest BCUT2D eigenvalue weighted by atomic mass is 9.84. The van der Waals surface area contributed by atoms with E-state index in [2.05, 4.69) is 18.8 Å². The zero-order valence-electron chi connectivity index (χ0n) is 11.2. The molecule has 0 aliphatic heterocycles. The minimum atomic E-state index is -0.402. The van der Waals surface area contributed by atoms with Gasteiger partial charge >= 0.3 is 0 Å². The summed E-state index contributed by atoms with van der Waals surface area (Å²) >= 11 is 5.93. The van der Waals surface area contributed by atoms with Crippen LogP contribution in [0.4, 0.5) is 4.39 Å². The molecule has 0 aliphatic carbocycles. The van der Waals surface area contributed by atoms with Gasteiger partial charge in [-0.2, -0.15) is 0 Å². The summed E-state index contributed by atoms with van der Waals surface area (Å²) in [5.41, 5.74) is 6.65. The number of aryl methyl sites for hydroxylation is 1. The van der Waals surface area contributed by atoms with Crippen molar-refractivity contribution in [1.29, 1.82) is 0 Å². The summed E-state index contributed by atoms with van der Waals surface area (Å²) in [6.07, 6.45) is 2.55. The molecular formula is C14H18ClFN2O. The second kappa shape index (κ2) is 5.47. The molecule has 0 bridgehead atoms. The van der Waals surface area contributed by atoms with E-state index >= 15 is 0 Å². The zero-order chi connectivity index (χ0) is 14.0. The fourth-order valence-corrected chi connectivity index (χ4v) is 2.31. The Morgan fingerprint density at radius 2 is 2.11 bits per heavy atom. The fourth-order valence-electron chi connectivity index (χ4n) is 2.07. The van der Waals surface area contributed by atoms with E-state index in [4.69, 9.17) is 21.8 Å². The zero-order valence-corrected chi connectivity index (χ0v) is 11.9. The third kappa shape index (κ3) is 3.45. The smallest absolute Gasteiger partial charge is 0.195 e. The topological polar surface area (TPSA) is 52.0 Å². The van der Waals surface area contributed by atoms with Crippen LogP contribution in [0.3, 0.4) is 0 Å². The summed E-state index contributed by atoms with van der Waals surface area (Å²) in [6.45, 7) is 4.99. The first-order valence-electron chi connectivity index (χ1n) is 6.36. The number of oxazole rings is 1. The van der Waals surface area contributed by atoms with Crippen LogP contribution in [0.25, 0.3) is 11.1 Å². The molecule has 0 saturated carbocycles. The second-order valence-electron chi connectivity index (χ2n) is 5.55. The second-order valence-corrected chi connectivity index (χ2v) is 5.95. The van der Waals surface area contributed by atoms with Crippen LogP contribution in [0.15, 0.2) is 16.5 Å². The summed E-state index contributed by atoms with van der Waals surface area (Å²) < 4.78 is 18.8. The Morgan fingerprint density at radius 3 is 2.79 bits per heavy atom. The van der Waals surface area contributed by atoms with Crippen LogP contribution in [-0.4, -0.2) is 11.5 Å². The van der Waals surface area contributed by atoms with E-state index in [1.807, 2.05) is 0 Å². The monoisotopic (exact) mass is 284 g/mol. The Bertz CT molecular complexity index is 580. The SMILES string of the molecule is CC(C)(CCN)CCc1nc2cc(F)cc(Cl)c2o1. The molecule has 0 unspecified atom stereocenters. The van der Waals surface area contributed by atoms with Gasteiger partial charge in [0, 0.05) is 12.5 Å². The predicted molar refractivity (Wildman–Crippen MR) is 74.8 cm³/mol. The van der Waals surface area contributed by atoms with E-state index in [0.717, 1.165) is 12.8 Å². The van der Waals surface area contributed by atoms with Crippen LogP contribution in [0, 0.1) is 11.2 Å². The van der Waals surface area contributed by atoms with Crippen LogP contribution in [0.1, 0.15) is 32.6 Å². The molecule has 0 aliphatic rings. The lowest BCUT2D eigenvalue weighted by Crippen LogP contribution is -2.17. The van der Waals surface area contributed by atoms with E-state index in [0.29, 0.717) is 30.0 Å². The average molecular weight is 285 g/mol. The summed E-state index contributed by atoms with van der Waals surface area (Å²) in [4.78, 5) is 4.28. The standard InChI is InChI=1S/C14H18ClFN2O/c1-14(2,5-6-17)4-3-12-18-11-8-9(16)7-10(15)13(11)19-12/h7-8H,3-6,17H2,1-2H3. The Morgan fingerprint density at radius 1 is 1.37 bits per heavy atom. The van der Waals surface area contributed by atoms with Gasteiger partial charge in [-0.3, -0.25) is 0 Å². The number of rotatable bonds is 5. The third-order valence-corrected chi connectivity index (χ3v) is 3.57. The maximum Gasteiger partial charge on any atom is 0.195 e. The minimum absolute atomic E-state index is 0.143. The van der Waals surface area contributed by atoms with E-state index in [1.54, 1.807) is 0 Å². The summed E-state index contributed by atoms with van der Waals surface area (Å²) in [7, 11) is 0. The summed E-state index contributed by atoms with van der Waals surface area (Å²) in [6, 6.07) is 2.57. The molecular weight excluding hydrogens is 267 g/mol. The van der Waals surface area contributed by atoms with Crippen LogP contribution < -0.4 is 5.73 Å². The molecule has 5 heteroatoms. The Labute approximate surface area is 116 Å². The number of fused-ring (bicyclic) bond motifs is 1. The average Bonchev–Trinajstić information content (AvgIpc) is 2.70. The quantitative estimate of drug-likeness (QED) is 0.905. The Hall–Kier alpha value is -1.13. The number of nitrogens with two attached hydrogens (primary N) is 1. The predicted octanol–water partition coefficient (Wildman–Crippen LogP) is 3.93. The van der Waals surface area contributed by atoms with Crippen LogP contribution in [0.5, 0.6) is 0 Å². The molecule has 2 N–H and O–H groups in total. The van der Waals surface area contributed by atoms with Crippen LogP contribution in [-0.2, 0) is 6.42 Å². The number of hydrogen-bond donors (Lipinski definition) is 1. The van der Waals surface area contributed by atoms with Gasteiger partial charge in [0.25, 0.3) is 0 Å². The van der Waals surface area contributed by atoms with Gasteiger partial charge in [-0.05, 0) is 30.9 Å². The first-order chi connectivity index (χ1) is 8.91. The van der Waals surface area contributed by atoms with Crippen molar-refractivity contribution in [3.05, 3.63) is 28.9 Å². The molecule has 0 fully saturated rings. The Kier molecular flexibility index (Phi) is 4.11. The number of halogens is 2. The first kappa shape index (κ1) is 14.3. The molecule has 19 heavy (non-hydrogen) atoms. The van der Waals surface area contributed by atoms with Crippen molar-refractivity contribution in [2.24, 2.45) is 11.1 Å².